The van der Waals surface area contributed by atoms with Gasteiger partial charge in [-0.2, -0.15) is 5.26 Å². The van der Waals surface area contributed by atoms with E-state index in [0.717, 1.165) is 22.6 Å². The van der Waals surface area contributed by atoms with Crippen molar-refractivity contribution in [2.75, 3.05) is 0 Å². The SMILES string of the molecule is Cc1cccc(COc2ccc([C@@H]3NC(=S)NC(C(C)(C)C)=C3C#N)cc2)c1. The van der Waals surface area contributed by atoms with E-state index in [1.807, 2.05) is 30.3 Å². The van der Waals surface area contributed by atoms with Crippen molar-refractivity contribution in [3.8, 4) is 11.8 Å². The summed E-state index contributed by atoms with van der Waals surface area (Å²) in [7, 11) is 0. The van der Waals surface area contributed by atoms with E-state index >= 15 is 0 Å². The molecule has 1 aliphatic heterocycles. The average molecular weight is 392 g/mol. The van der Waals surface area contributed by atoms with Crippen molar-refractivity contribution in [2.45, 2.75) is 40.3 Å². The second-order valence-electron chi connectivity index (χ2n) is 8.03. The third-order valence-corrected chi connectivity index (χ3v) is 4.86. The van der Waals surface area contributed by atoms with Gasteiger partial charge in [-0.1, -0.05) is 62.7 Å². The predicted octanol–water partition coefficient (Wildman–Crippen LogP) is 4.92. The summed E-state index contributed by atoms with van der Waals surface area (Å²) in [6, 6.07) is 18.2. The van der Waals surface area contributed by atoms with Crippen LogP contribution in [0.2, 0.25) is 0 Å². The lowest BCUT2D eigenvalue weighted by Gasteiger charge is -2.34. The second kappa shape index (κ2) is 8.04. The van der Waals surface area contributed by atoms with Crippen LogP contribution in [0.15, 0.2) is 59.8 Å². The largest absolute Gasteiger partial charge is 0.489 e. The van der Waals surface area contributed by atoms with Crippen molar-refractivity contribution >= 4 is 17.3 Å². The topological polar surface area (TPSA) is 57.1 Å². The minimum atomic E-state index is -0.265. The highest BCUT2D eigenvalue weighted by atomic mass is 32.1. The Morgan fingerprint density at radius 2 is 1.86 bits per heavy atom. The molecular formula is C23H25N3OS. The van der Waals surface area contributed by atoms with Crippen LogP contribution in [0.3, 0.4) is 0 Å². The van der Waals surface area contributed by atoms with E-state index in [1.54, 1.807) is 0 Å². The van der Waals surface area contributed by atoms with E-state index in [4.69, 9.17) is 17.0 Å². The zero-order chi connectivity index (χ0) is 20.3. The molecule has 28 heavy (non-hydrogen) atoms. The number of thiocarbonyl (C=S) groups is 1. The van der Waals surface area contributed by atoms with Crippen LogP contribution < -0.4 is 15.4 Å². The van der Waals surface area contributed by atoms with Gasteiger partial charge >= 0.3 is 0 Å². The van der Waals surface area contributed by atoms with Gasteiger partial charge in [-0.3, -0.25) is 0 Å². The molecule has 4 nitrogen and oxygen atoms in total. The fourth-order valence-electron chi connectivity index (χ4n) is 3.25. The van der Waals surface area contributed by atoms with Crippen LogP contribution in [0.25, 0.3) is 0 Å². The Balaban J connectivity index is 1.80. The maximum absolute atomic E-state index is 9.77. The summed E-state index contributed by atoms with van der Waals surface area (Å²) >= 11 is 5.37. The minimum absolute atomic E-state index is 0.202. The molecule has 2 aromatic carbocycles. The molecule has 2 N–H and O–H groups in total. The third kappa shape index (κ3) is 4.52. The smallest absolute Gasteiger partial charge is 0.171 e. The molecule has 0 saturated carbocycles. The standard InChI is InChI=1S/C23H25N3OS/c1-15-6-5-7-16(12-15)14-27-18-10-8-17(9-11-18)20-19(13-24)21(23(2,3)4)26-22(28)25-20/h5-12,20H,14H2,1-4H3,(H2,25,26,28)/t20-/m0/s1. The van der Waals surface area contributed by atoms with Crippen molar-refractivity contribution in [2.24, 2.45) is 5.41 Å². The number of nitrogens with zero attached hydrogens (tertiary/aromatic N) is 1. The van der Waals surface area contributed by atoms with E-state index < -0.39 is 0 Å². The number of allylic oxidation sites excluding steroid dienone is 1. The molecule has 5 heteroatoms. The monoisotopic (exact) mass is 391 g/mol. The molecule has 0 saturated heterocycles. The van der Waals surface area contributed by atoms with Gasteiger partial charge in [0, 0.05) is 11.1 Å². The van der Waals surface area contributed by atoms with Crippen molar-refractivity contribution < 1.29 is 4.74 Å². The van der Waals surface area contributed by atoms with Crippen LogP contribution in [0.4, 0.5) is 0 Å². The first-order valence-electron chi connectivity index (χ1n) is 9.28. The van der Waals surface area contributed by atoms with Gasteiger partial charge in [0.1, 0.15) is 12.4 Å². The first-order valence-corrected chi connectivity index (χ1v) is 9.69. The summed E-state index contributed by atoms with van der Waals surface area (Å²) in [5.74, 6) is 0.792. The Morgan fingerprint density at radius 1 is 1.14 bits per heavy atom. The van der Waals surface area contributed by atoms with E-state index in [2.05, 4.69) is 62.6 Å². The van der Waals surface area contributed by atoms with Gasteiger partial charge in [-0.15, -0.1) is 0 Å². The lowest BCUT2D eigenvalue weighted by molar-refractivity contribution is 0.306. The Bertz CT molecular complexity index is 949. The fourth-order valence-corrected chi connectivity index (χ4v) is 3.47. The zero-order valence-electron chi connectivity index (χ0n) is 16.7. The molecule has 1 aliphatic rings. The van der Waals surface area contributed by atoms with Crippen LogP contribution in [0, 0.1) is 23.7 Å². The Kier molecular flexibility index (Phi) is 5.71. The molecule has 144 valence electrons. The first-order chi connectivity index (χ1) is 13.3. The van der Waals surface area contributed by atoms with Gasteiger partial charge in [0.2, 0.25) is 0 Å². The third-order valence-electron chi connectivity index (χ3n) is 4.64. The minimum Gasteiger partial charge on any atom is -0.489 e. The quantitative estimate of drug-likeness (QED) is 0.725. The number of nitriles is 1. The van der Waals surface area contributed by atoms with Crippen molar-refractivity contribution in [3.05, 3.63) is 76.5 Å². The Hall–Kier alpha value is -2.84. The van der Waals surface area contributed by atoms with Gasteiger partial charge in [-0.25, -0.2) is 0 Å². The molecule has 0 unspecified atom stereocenters. The molecule has 0 fully saturated rings. The van der Waals surface area contributed by atoms with Crippen LogP contribution in [0.1, 0.15) is 43.5 Å². The molecule has 3 rings (SSSR count). The summed E-state index contributed by atoms with van der Waals surface area (Å²) in [6.07, 6.45) is 0. The van der Waals surface area contributed by atoms with Crippen LogP contribution in [-0.2, 0) is 6.61 Å². The van der Waals surface area contributed by atoms with Crippen LogP contribution in [-0.4, -0.2) is 5.11 Å². The maximum atomic E-state index is 9.77. The number of ether oxygens (including phenoxy) is 1. The highest BCUT2D eigenvalue weighted by Gasteiger charge is 2.32. The lowest BCUT2D eigenvalue weighted by Crippen LogP contribution is -2.46. The molecule has 1 heterocycles. The van der Waals surface area contributed by atoms with Crippen molar-refractivity contribution in [3.63, 3.8) is 0 Å². The summed E-state index contributed by atoms with van der Waals surface area (Å²) in [4.78, 5) is 0. The van der Waals surface area contributed by atoms with Crippen molar-refractivity contribution in [1.29, 1.82) is 5.26 Å². The molecule has 0 spiro atoms. The number of nitrogens with one attached hydrogen (secondary N) is 2. The first kappa shape index (κ1) is 19.9. The average Bonchev–Trinajstić information content (AvgIpc) is 2.65. The van der Waals surface area contributed by atoms with Gasteiger partial charge in [0.25, 0.3) is 0 Å². The van der Waals surface area contributed by atoms with Gasteiger partial charge in [-0.05, 0) is 42.4 Å². The van der Waals surface area contributed by atoms with Crippen molar-refractivity contribution in [1.82, 2.24) is 10.6 Å². The van der Waals surface area contributed by atoms with E-state index in [0.29, 0.717) is 17.3 Å². The van der Waals surface area contributed by atoms with E-state index in [-0.39, 0.29) is 11.5 Å². The number of hydrogen-bond acceptors (Lipinski definition) is 3. The molecule has 0 aromatic heterocycles. The highest BCUT2D eigenvalue weighted by Crippen LogP contribution is 2.34. The predicted molar refractivity (Wildman–Crippen MR) is 116 cm³/mol. The van der Waals surface area contributed by atoms with Gasteiger partial charge in [0.15, 0.2) is 5.11 Å². The van der Waals surface area contributed by atoms with Crippen LogP contribution in [0.5, 0.6) is 5.75 Å². The van der Waals surface area contributed by atoms with Gasteiger partial charge < -0.3 is 15.4 Å². The lowest BCUT2D eigenvalue weighted by atomic mass is 9.84. The number of rotatable bonds is 4. The molecule has 2 aromatic rings. The van der Waals surface area contributed by atoms with E-state index in [9.17, 15) is 5.26 Å². The number of benzene rings is 2. The summed E-state index contributed by atoms with van der Waals surface area (Å²) in [5.41, 5.74) is 4.66. The zero-order valence-corrected chi connectivity index (χ0v) is 17.5. The summed E-state index contributed by atoms with van der Waals surface area (Å²) in [6.45, 7) is 8.80. The summed E-state index contributed by atoms with van der Waals surface area (Å²) in [5, 5.41) is 16.7. The highest BCUT2D eigenvalue weighted by molar-refractivity contribution is 7.80. The summed E-state index contributed by atoms with van der Waals surface area (Å²) < 4.78 is 5.90. The second-order valence-corrected chi connectivity index (χ2v) is 8.44. The molecule has 0 amide bonds. The Morgan fingerprint density at radius 3 is 2.46 bits per heavy atom. The van der Waals surface area contributed by atoms with Crippen LogP contribution >= 0.6 is 12.2 Å². The molecule has 0 aliphatic carbocycles. The molecule has 0 radical (unpaired) electrons. The van der Waals surface area contributed by atoms with Gasteiger partial charge in [0.05, 0.1) is 17.7 Å². The fraction of sp³-hybridized carbons (Fsp3) is 0.304. The normalized spacial score (nSPS) is 16.8. The maximum Gasteiger partial charge on any atom is 0.171 e. The Labute approximate surface area is 172 Å². The molecule has 1 atom stereocenters. The number of aryl methyl sites for hydroxylation is 1. The number of hydrogen-bond donors (Lipinski definition) is 2. The molecular weight excluding hydrogens is 366 g/mol. The van der Waals surface area contributed by atoms with E-state index in [1.165, 1.54) is 5.56 Å². The molecule has 0 bridgehead atoms.